The number of nitrogens with zero attached hydrogens (tertiary/aromatic N) is 5. The number of halogens is 1. The summed E-state index contributed by atoms with van der Waals surface area (Å²) in [7, 11) is 0. The number of aromatic nitrogens is 3. The molecule has 0 aliphatic carbocycles. The van der Waals surface area contributed by atoms with Crippen LogP contribution < -0.4 is 15.1 Å². The molecule has 1 aliphatic rings. The molecule has 7 nitrogen and oxygen atoms in total. The Morgan fingerprint density at radius 3 is 2.68 bits per heavy atom. The summed E-state index contributed by atoms with van der Waals surface area (Å²) in [6.07, 6.45) is 3.79. The second kappa shape index (κ2) is 12.0. The highest BCUT2D eigenvalue weighted by molar-refractivity contribution is 6.32. The summed E-state index contributed by atoms with van der Waals surface area (Å²) in [5.41, 5.74) is 3.32. The minimum Gasteiger partial charge on any atom is -0.378 e. The van der Waals surface area contributed by atoms with Crippen LogP contribution in [0.15, 0.2) is 48.7 Å². The standard InChI is InChI=1S/C26H33ClN6O/c1-3-12-32(25-22(27)9-6-10-29-25)13-11-28-24-19-23(21-8-5-7-20(4-2)18-21)30-26(31-24)33-14-16-34-17-15-33/h5-10,18-19H,3-4,11-17H2,1-2H3,(H,28,30,31). The minimum absolute atomic E-state index is 0.672. The molecule has 0 spiro atoms. The Bertz CT molecular complexity index is 1070. The van der Waals surface area contributed by atoms with Gasteiger partial charge in [-0.15, -0.1) is 0 Å². The van der Waals surface area contributed by atoms with Crippen molar-refractivity contribution in [1.82, 2.24) is 15.0 Å². The van der Waals surface area contributed by atoms with E-state index in [-0.39, 0.29) is 0 Å². The first-order chi connectivity index (χ1) is 16.7. The van der Waals surface area contributed by atoms with E-state index in [0.29, 0.717) is 24.8 Å². The highest BCUT2D eigenvalue weighted by Crippen LogP contribution is 2.25. The van der Waals surface area contributed by atoms with Gasteiger partial charge in [0.15, 0.2) is 0 Å². The van der Waals surface area contributed by atoms with Crippen LogP contribution in [0.5, 0.6) is 0 Å². The molecule has 4 rings (SSSR count). The lowest BCUT2D eigenvalue weighted by Crippen LogP contribution is -2.37. The fraction of sp³-hybridized carbons (Fsp3) is 0.423. The van der Waals surface area contributed by atoms with Crippen molar-refractivity contribution in [1.29, 1.82) is 0 Å². The number of benzene rings is 1. The van der Waals surface area contributed by atoms with Crippen molar-refractivity contribution in [2.24, 2.45) is 0 Å². The summed E-state index contributed by atoms with van der Waals surface area (Å²) in [5, 5.41) is 4.19. The van der Waals surface area contributed by atoms with Crippen molar-refractivity contribution in [3.8, 4) is 11.3 Å². The number of rotatable bonds is 10. The summed E-state index contributed by atoms with van der Waals surface area (Å²) >= 11 is 6.41. The van der Waals surface area contributed by atoms with Gasteiger partial charge in [-0.2, -0.15) is 4.98 Å². The van der Waals surface area contributed by atoms with Gasteiger partial charge in [-0.25, -0.2) is 9.97 Å². The van der Waals surface area contributed by atoms with E-state index < -0.39 is 0 Å². The molecule has 3 aromatic rings. The van der Waals surface area contributed by atoms with Crippen LogP contribution in [-0.4, -0.2) is 60.9 Å². The van der Waals surface area contributed by atoms with Crippen LogP contribution in [0.4, 0.5) is 17.6 Å². The summed E-state index contributed by atoms with van der Waals surface area (Å²) in [5.74, 6) is 2.38. The second-order valence-corrected chi connectivity index (χ2v) is 8.72. The molecule has 2 aromatic heterocycles. The third kappa shape index (κ3) is 6.15. The molecular formula is C26H33ClN6O. The zero-order valence-corrected chi connectivity index (χ0v) is 20.8. The molecule has 0 unspecified atom stereocenters. The van der Waals surface area contributed by atoms with Crippen LogP contribution in [0.3, 0.4) is 0 Å². The minimum atomic E-state index is 0.672. The van der Waals surface area contributed by atoms with E-state index >= 15 is 0 Å². The first kappa shape index (κ1) is 24.2. The first-order valence-electron chi connectivity index (χ1n) is 12.1. The maximum absolute atomic E-state index is 6.41. The van der Waals surface area contributed by atoms with Crippen LogP contribution in [0.25, 0.3) is 11.3 Å². The molecule has 8 heteroatoms. The molecule has 0 saturated carbocycles. The highest BCUT2D eigenvalue weighted by atomic mass is 35.5. The van der Waals surface area contributed by atoms with Gasteiger partial charge in [0.1, 0.15) is 11.6 Å². The molecule has 1 aromatic carbocycles. The molecule has 0 amide bonds. The van der Waals surface area contributed by atoms with Gasteiger partial charge in [-0.1, -0.05) is 43.6 Å². The van der Waals surface area contributed by atoms with E-state index in [4.69, 9.17) is 26.3 Å². The average molecular weight is 481 g/mol. The molecule has 1 saturated heterocycles. The molecule has 0 radical (unpaired) electrons. The molecule has 0 atom stereocenters. The number of morpholine rings is 1. The summed E-state index contributed by atoms with van der Waals surface area (Å²) in [6.45, 7) is 9.66. The maximum Gasteiger partial charge on any atom is 0.228 e. The van der Waals surface area contributed by atoms with Crippen molar-refractivity contribution in [2.45, 2.75) is 26.7 Å². The Kier molecular flexibility index (Phi) is 8.55. The predicted octanol–water partition coefficient (Wildman–Crippen LogP) is 4.92. The first-order valence-corrected chi connectivity index (χ1v) is 12.5. The zero-order chi connectivity index (χ0) is 23.8. The molecule has 1 fully saturated rings. The Balaban J connectivity index is 1.55. The number of nitrogens with one attached hydrogen (secondary N) is 1. The van der Waals surface area contributed by atoms with Crippen molar-refractivity contribution in [3.05, 3.63) is 59.2 Å². The normalized spacial score (nSPS) is 13.7. The van der Waals surface area contributed by atoms with Crippen molar-refractivity contribution in [2.75, 3.05) is 61.1 Å². The SMILES string of the molecule is CCCN(CCNc1cc(-c2cccc(CC)c2)nc(N2CCOCC2)n1)c1ncccc1Cl. The highest BCUT2D eigenvalue weighted by Gasteiger charge is 2.17. The van der Waals surface area contributed by atoms with Gasteiger partial charge in [-0.05, 0) is 36.6 Å². The Morgan fingerprint density at radius 2 is 1.91 bits per heavy atom. The molecular weight excluding hydrogens is 448 g/mol. The van der Waals surface area contributed by atoms with Gasteiger partial charge in [0.2, 0.25) is 5.95 Å². The van der Waals surface area contributed by atoms with Gasteiger partial charge in [-0.3, -0.25) is 0 Å². The monoisotopic (exact) mass is 480 g/mol. The van der Waals surface area contributed by atoms with E-state index in [0.717, 1.165) is 67.9 Å². The van der Waals surface area contributed by atoms with E-state index in [1.807, 2.05) is 18.2 Å². The number of pyridine rings is 1. The van der Waals surface area contributed by atoms with Crippen LogP contribution in [-0.2, 0) is 11.2 Å². The number of aryl methyl sites for hydroxylation is 1. The molecule has 3 heterocycles. The van der Waals surface area contributed by atoms with Gasteiger partial charge in [0, 0.05) is 50.6 Å². The van der Waals surface area contributed by atoms with E-state index in [1.165, 1.54) is 5.56 Å². The van der Waals surface area contributed by atoms with Crippen molar-refractivity contribution >= 4 is 29.2 Å². The van der Waals surface area contributed by atoms with Gasteiger partial charge < -0.3 is 19.9 Å². The topological polar surface area (TPSA) is 66.4 Å². The fourth-order valence-electron chi connectivity index (χ4n) is 4.05. The average Bonchev–Trinajstić information content (AvgIpc) is 2.89. The number of hydrogen-bond acceptors (Lipinski definition) is 7. The van der Waals surface area contributed by atoms with E-state index in [2.05, 4.69) is 58.2 Å². The zero-order valence-electron chi connectivity index (χ0n) is 20.0. The third-order valence-corrected chi connectivity index (χ3v) is 6.15. The molecule has 1 aliphatic heterocycles. The molecule has 34 heavy (non-hydrogen) atoms. The lowest BCUT2D eigenvalue weighted by Gasteiger charge is -2.27. The summed E-state index contributed by atoms with van der Waals surface area (Å²) in [6, 6.07) is 14.3. The van der Waals surface area contributed by atoms with E-state index in [1.54, 1.807) is 6.20 Å². The van der Waals surface area contributed by atoms with Crippen molar-refractivity contribution in [3.63, 3.8) is 0 Å². The largest absolute Gasteiger partial charge is 0.378 e. The maximum atomic E-state index is 6.41. The van der Waals surface area contributed by atoms with E-state index in [9.17, 15) is 0 Å². The smallest absolute Gasteiger partial charge is 0.228 e. The van der Waals surface area contributed by atoms with Crippen LogP contribution in [0.1, 0.15) is 25.8 Å². The van der Waals surface area contributed by atoms with Crippen LogP contribution in [0, 0.1) is 0 Å². The number of ether oxygens (including phenoxy) is 1. The quantitative estimate of drug-likeness (QED) is 0.441. The number of hydrogen-bond donors (Lipinski definition) is 1. The second-order valence-electron chi connectivity index (χ2n) is 8.31. The van der Waals surface area contributed by atoms with Crippen LogP contribution >= 0.6 is 11.6 Å². The van der Waals surface area contributed by atoms with Crippen molar-refractivity contribution < 1.29 is 4.74 Å². The van der Waals surface area contributed by atoms with Gasteiger partial charge >= 0.3 is 0 Å². The number of anilines is 3. The van der Waals surface area contributed by atoms with Gasteiger partial charge in [0.05, 0.1) is 23.9 Å². The lowest BCUT2D eigenvalue weighted by atomic mass is 10.1. The Hall–Kier alpha value is -2.90. The van der Waals surface area contributed by atoms with Gasteiger partial charge in [0.25, 0.3) is 0 Å². The summed E-state index contributed by atoms with van der Waals surface area (Å²) < 4.78 is 5.53. The molecule has 1 N–H and O–H groups in total. The molecule has 180 valence electrons. The van der Waals surface area contributed by atoms with Crippen LogP contribution in [0.2, 0.25) is 5.02 Å². The fourth-order valence-corrected chi connectivity index (χ4v) is 4.29. The predicted molar refractivity (Wildman–Crippen MR) is 140 cm³/mol. The Labute approximate surface area is 207 Å². The lowest BCUT2D eigenvalue weighted by molar-refractivity contribution is 0.122. The molecule has 0 bridgehead atoms. The Morgan fingerprint density at radius 1 is 1.06 bits per heavy atom. The third-order valence-electron chi connectivity index (χ3n) is 5.86. The summed E-state index contributed by atoms with van der Waals surface area (Å²) in [4.78, 5) is 18.7.